The van der Waals surface area contributed by atoms with Crippen molar-refractivity contribution in [2.24, 2.45) is 10.7 Å². The topological polar surface area (TPSA) is 96.9 Å². The van der Waals surface area contributed by atoms with Crippen molar-refractivity contribution in [1.29, 1.82) is 0 Å². The van der Waals surface area contributed by atoms with Gasteiger partial charge in [0.25, 0.3) is 5.91 Å². The van der Waals surface area contributed by atoms with Crippen LogP contribution in [-0.2, 0) is 17.8 Å². The SMILES string of the molecule is C=C(C)c1ccc(C2CCc3cc(OC)ccc32)cc1.CN.CN=C(C(=O)NC)c1ccccc1CO. The molecular weight excluding hydrogens is 462 g/mol. The maximum absolute atomic E-state index is 11.5. The Bertz CT molecular complexity index is 1220. The number of allylic oxidation sites excluding steroid dienone is 1. The van der Waals surface area contributed by atoms with Gasteiger partial charge in [0.2, 0.25) is 0 Å². The molecule has 0 bridgehead atoms. The molecule has 1 atom stereocenters. The summed E-state index contributed by atoms with van der Waals surface area (Å²) in [6.07, 6.45) is 2.33. The molecule has 0 heterocycles. The first-order valence-electron chi connectivity index (χ1n) is 12.3. The summed E-state index contributed by atoms with van der Waals surface area (Å²) in [5.74, 6) is 1.23. The molecule has 1 aliphatic carbocycles. The number of aliphatic hydroxyl groups is 1. The summed E-state index contributed by atoms with van der Waals surface area (Å²) in [7, 11) is 6.33. The predicted octanol–water partition coefficient (Wildman–Crippen LogP) is 4.73. The Morgan fingerprint density at radius 3 is 2.38 bits per heavy atom. The molecule has 0 radical (unpaired) electrons. The Kier molecular flexibility index (Phi) is 11.7. The van der Waals surface area contributed by atoms with E-state index in [4.69, 9.17) is 9.84 Å². The minimum absolute atomic E-state index is 0.105. The van der Waals surface area contributed by atoms with Crippen LogP contribution in [0.2, 0.25) is 0 Å². The van der Waals surface area contributed by atoms with Crippen molar-refractivity contribution in [3.8, 4) is 5.75 Å². The first-order chi connectivity index (χ1) is 17.9. The molecule has 1 amide bonds. The Morgan fingerprint density at radius 2 is 1.81 bits per heavy atom. The minimum atomic E-state index is -0.251. The quantitative estimate of drug-likeness (QED) is 0.426. The van der Waals surface area contributed by atoms with E-state index in [2.05, 4.69) is 65.1 Å². The van der Waals surface area contributed by atoms with E-state index in [-0.39, 0.29) is 12.5 Å². The molecule has 3 aromatic rings. The zero-order chi connectivity index (χ0) is 27.4. The number of ether oxygens (including phenoxy) is 1. The number of carbonyl (C=O) groups is 1. The highest BCUT2D eigenvalue weighted by Crippen LogP contribution is 2.39. The number of likely N-dealkylation sites (N-methyl/N-ethyl adjacent to an activating group) is 1. The van der Waals surface area contributed by atoms with Gasteiger partial charge in [-0.05, 0) is 66.8 Å². The van der Waals surface area contributed by atoms with Crippen LogP contribution in [-0.4, -0.2) is 45.0 Å². The summed E-state index contributed by atoms with van der Waals surface area (Å²) in [6, 6.07) is 22.5. The normalized spacial score (nSPS) is 13.8. The third-order valence-corrected chi connectivity index (χ3v) is 6.34. The van der Waals surface area contributed by atoms with Crippen molar-refractivity contribution in [2.75, 3.05) is 28.3 Å². The van der Waals surface area contributed by atoms with E-state index in [9.17, 15) is 4.79 Å². The molecule has 0 saturated heterocycles. The van der Waals surface area contributed by atoms with Crippen LogP contribution in [0.5, 0.6) is 5.75 Å². The van der Waals surface area contributed by atoms with E-state index in [1.165, 1.54) is 35.7 Å². The van der Waals surface area contributed by atoms with Gasteiger partial charge in [0.05, 0.1) is 13.7 Å². The number of aliphatic imine (C=N–C) groups is 1. The van der Waals surface area contributed by atoms with Crippen LogP contribution in [0.3, 0.4) is 0 Å². The van der Waals surface area contributed by atoms with Gasteiger partial charge in [-0.2, -0.15) is 0 Å². The van der Waals surface area contributed by atoms with Crippen LogP contribution in [0.4, 0.5) is 0 Å². The molecular formula is C31H39N3O3. The van der Waals surface area contributed by atoms with E-state index in [1.54, 1.807) is 33.3 Å². The van der Waals surface area contributed by atoms with Gasteiger partial charge >= 0.3 is 0 Å². The van der Waals surface area contributed by atoms with Crippen molar-refractivity contribution >= 4 is 17.2 Å². The third-order valence-electron chi connectivity index (χ3n) is 6.34. The minimum Gasteiger partial charge on any atom is -0.497 e. The second-order valence-corrected chi connectivity index (χ2v) is 8.52. The van der Waals surface area contributed by atoms with Gasteiger partial charge < -0.3 is 20.9 Å². The third kappa shape index (κ3) is 7.38. The zero-order valence-electron chi connectivity index (χ0n) is 22.5. The summed E-state index contributed by atoms with van der Waals surface area (Å²) < 4.78 is 5.31. The Balaban J connectivity index is 0.000000254. The molecule has 4 rings (SSSR count). The highest BCUT2D eigenvalue weighted by molar-refractivity contribution is 6.45. The van der Waals surface area contributed by atoms with Crippen molar-refractivity contribution in [3.05, 3.63) is 107 Å². The standard InChI is InChI=1S/C19H20O.C11H14N2O2.CH5N/c1-13(2)14-4-6-15(7-5-14)18-10-8-16-12-17(20-3)9-11-19(16)18;1-12-10(11(15)13-2)9-6-4-3-5-8(9)7-14;1-2/h4-7,9,11-12,18H,1,8,10H2,2-3H3;3-6,14H,7H2,1-2H3,(H,13,15);2H2,1H3. The number of aliphatic hydroxyl groups excluding tert-OH is 1. The summed E-state index contributed by atoms with van der Waals surface area (Å²) in [6.45, 7) is 5.94. The highest BCUT2D eigenvalue weighted by Gasteiger charge is 2.24. The Hall–Kier alpha value is -3.74. The summed E-state index contributed by atoms with van der Waals surface area (Å²) in [4.78, 5) is 15.4. The number of nitrogens with one attached hydrogen (secondary N) is 1. The van der Waals surface area contributed by atoms with E-state index in [1.807, 2.05) is 19.1 Å². The number of rotatable bonds is 6. The van der Waals surface area contributed by atoms with Gasteiger partial charge in [0.15, 0.2) is 0 Å². The molecule has 196 valence electrons. The lowest BCUT2D eigenvalue weighted by Gasteiger charge is -2.13. The number of benzene rings is 3. The van der Waals surface area contributed by atoms with Crippen molar-refractivity contribution in [1.82, 2.24) is 5.32 Å². The monoisotopic (exact) mass is 501 g/mol. The second kappa shape index (κ2) is 14.7. The number of hydrogen-bond acceptors (Lipinski definition) is 5. The lowest BCUT2D eigenvalue weighted by Crippen LogP contribution is -2.29. The fraction of sp³-hybridized carbons (Fsp3) is 0.290. The lowest BCUT2D eigenvalue weighted by molar-refractivity contribution is -0.114. The molecule has 3 aromatic carbocycles. The average Bonchev–Trinajstić information content (AvgIpc) is 3.38. The van der Waals surface area contributed by atoms with E-state index < -0.39 is 0 Å². The maximum atomic E-state index is 11.5. The number of hydrogen-bond donors (Lipinski definition) is 3. The first kappa shape index (κ1) is 29.5. The van der Waals surface area contributed by atoms with Crippen LogP contribution < -0.4 is 15.8 Å². The van der Waals surface area contributed by atoms with Gasteiger partial charge in [0.1, 0.15) is 11.5 Å². The van der Waals surface area contributed by atoms with Crippen LogP contribution >= 0.6 is 0 Å². The lowest BCUT2D eigenvalue weighted by atomic mass is 9.92. The molecule has 37 heavy (non-hydrogen) atoms. The summed E-state index contributed by atoms with van der Waals surface area (Å²) in [5, 5.41) is 11.6. The average molecular weight is 502 g/mol. The number of nitrogens with zero attached hydrogens (tertiary/aromatic N) is 1. The van der Waals surface area contributed by atoms with Crippen LogP contribution in [0.1, 0.15) is 52.6 Å². The number of carbonyl (C=O) groups excluding carboxylic acids is 1. The molecule has 6 nitrogen and oxygen atoms in total. The van der Waals surface area contributed by atoms with E-state index in [0.717, 1.165) is 17.7 Å². The summed E-state index contributed by atoms with van der Waals surface area (Å²) >= 11 is 0. The zero-order valence-corrected chi connectivity index (χ0v) is 22.5. The number of fused-ring (bicyclic) bond motifs is 1. The molecule has 0 aromatic heterocycles. The van der Waals surface area contributed by atoms with Gasteiger partial charge in [0, 0.05) is 25.6 Å². The van der Waals surface area contributed by atoms with E-state index >= 15 is 0 Å². The molecule has 4 N–H and O–H groups in total. The van der Waals surface area contributed by atoms with Gasteiger partial charge in [-0.3, -0.25) is 9.79 Å². The van der Waals surface area contributed by atoms with Crippen molar-refractivity contribution in [2.45, 2.75) is 32.3 Å². The predicted molar refractivity (Wildman–Crippen MR) is 153 cm³/mol. The summed E-state index contributed by atoms with van der Waals surface area (Å²) in [5.41, 5.74) is 12.8. The molecule has 0 fully saturated rings. The molecule has 0 saturated carbocycles. The molecule has 0 spiro atoms. The van der Waals surface area contributed by atoms with E-state index in [0.29, 0.717) is 22.8 Å². The molecule has 6 heteroatoms. The smallest absolute Gasteiger partial charge is 0.269 e. The highest BCUT2D eigenvalue weighted by atomic mass is 16.5. The number of aryl methyl sites for hydroxylation is 1. The molecule has 1 unspecified atom stereocenters. The van der Waals surface area contributed by atoms with Gasteiger partial charge in [-0.15, -0.1) is 0 Å². The number of methoxy groups -OCH3 is 1. The van der Waals surface area contributed by atoms with Crippen molar-refractivity contribution in [3.63, 3.8) is 0 Å². The van der Waals surface area contributed by atoms with Crippen LogP contribution in [0, 0.1) is 0 Å². The maximum Gasteiger partial charge on any atom is 0.269 e. The molecule has 1 aliphatic rings. The second-order valence-electron chi connectivity index (χ2n) is 8.52. The van der Waals surface area contributed by atoms with Gasteiger partial charge in [-0.1, -0.05) is 66.7 Å². The molecule has 0 aliphatic heterocycles. The number of amides is 1. The fourth-order valence-electron chi connectivity index (χ4n) is 4.42. The van der Waals surface area contributed by atoms with Crippen LogP contribution in [0.15, 0.2) is 78.3 Å². The fourth-order valence-corrected chi connectivity index (χ4v) is 4.42. The number of nitrogens with two attached hydrogens (primary N) is 1. The Labute approximate surface area is 220 Å². The van der Waals surface area contributed by atoms with Crippen LogP contribution in [0.25, 0.3) is 5.57 Å². The Morgan fingerprint density at radius 1 is 1.14 bits per heavy atom. The largest absolute Gasteiger partial charge is 0.497 e. The van der Waals surface area contributed by atoms with Crippen molar-refractivity contribution < 1.29 is 14.6 Å². The first-order valence-corrected chi connectivity index (χ1v) is 12.3. The van der Waals surface area contributed by atoms with Gasteiger partial charge in [-0.25, -0.2) is 0 Å².